The molecule has 29 heavy (non-hydrogen) atoms. The molecule has 0 fully saturated rings. The highest BCUT2D eigenvalue weighted by atomic mass is 16.6. The van der Waals surface area contributed by atoms with Gasteiger partial charge in [-0.2, -0.15) is 5.10 Å². The van der Waals surface area contributed by atoms with Gasteiger partial charge in [0, 0.05) is 17.7 Å². The lowest BCUT2D eigenvalue weighted by Crippen LogP contribution is -2.23. The summed E-state index contributed by atoms with van der Waals surface area (Å²) >= 11 is 0. The van der Waals surface area contributed by atoms with E-state index in [-0.39, 0.29) is 17.0 Å². The van der Waals surface area contributed by atoms with Crippen LogP contribution >= 0.6 is 0 Å². The van der Waals surface area contributed by atoms with E-state index in [0.717, 1.165) is 6.07 Å². The minimum Gasteiger partial charge on any atom is -0.490 e. The van der Waals surface area contributed by atoms with Gasteiger partial charge in [-0.15, -0.1) is 0 Å². The van der Waals surface area contributed by atoms with Crippen molar-refractivity contribution in [2.24, 2.45) is 5.10 Å². The molecule has 10 heteroatoms. The lowest BCUT2D eigenvalue weighted by atomic mass is 10.2. The first-order valence-electron chi connectivity index (χ1n) is 8.56. The quantitative estimate of drug-likeness (QED) is 0.374. The Morgan fingerprint density at radius 3 is 2.69 bits per heavy atom. The molecule has 10 nitrogen and oxygen atoms in total. The molecule has 0 aliphatic rings. The van der Waals surface area contributed by atoms with Crippen LogP contribution in [0.5, 0.6) is 11.5 Å². The van der Waals surface area contributed by atoms with Crippen LogP contribution in [0.15, 0.2) is 47.6 Å². The molecule has 0 aliphatic carbocycles. The number of benzene rings is 2. The van der Waals surface area contributed by atoms with E-state index in [0.29, 0.717) is 17.9 Å². The Hall–Kier alpha value is -3.95. The third-order valence-corrected chi connectivity index (χ3v) is 3.62. The zero-order valence-corrected chi connectivity index (χ0v) is 15.7. The summed E-state index contributed by atoms with van der Waals surface area (Å²) in [6.45, 7) is 3.50. The molecule has 2 rings (SSSR count). The Bertz CT molecular complexity index is 943. The molecule has 152 valence electrons. The van der Waals surface area contributed by atoms with E-state index in [9.17, 15) is 19.7 Å². The number of nitro benzene ring substituents is 1. The Morgan fingerprint density at radius 1 is 1.28 bits per heavy atom. The van der Waals surface area contributed by atoms with Crippen molar-refractivity contribution in [3.8, 4) is 11.5 Å². The highest BCUT2D eigenvalue weighted by Crippen LogP contribution is 2.29. The first-order valence-corrected chi connectivity index (χ1v) is 8.56. The van der Waals surface area contributed by atoms with E-state index in [1.54, 1.807) is 19.1 Å². The summed E-state index contributed by atoms with van der Waals surface area (Å²) < 4.78 is 10.8. The van der Waals surface area contributed by atoms with E-state index in [2.05, 4.69) is 10.5 Å². The van der Waals surface area contributed by atoms with E-state index in [4.69, 9.17) is 14.6 Å². The van der Waals surface area contributed by atoms with Crippen LogP contribution in [0, 0.1) is 10.1 Å². The molecule has 0 saturated heterocycles. The van der Waals surface area contributed by atoms with Gasteiger partial charge in [-0.25, -0.2) is 10.2 Å². The molecule has 0 bridgehead atoms. The number of hydrogen-bond donors (Lipinski definition) is 2. The molecule has 0 aliphatic heterocycles. The molecule has 0 heterocycles. The Morgan fingerprint density at radius 2 is 2.03 bits per heavy atom. The lowest BCUT2D eigenvalue weighted by Gasteiger charge is -2.15. The molecule has 0 radical (unpaired) electrons. The first kappa shape index (κ1) is 21.4. The molecule has 2 aromatic rings. The molecule has 2 aromatic carbocycles. The van der Waals surface area contributed by atoms with Crippen LogP contribution < -0.4 is 14.9 Å². The second kappa shape index (κ2) is 9.83. The summed E-state index contributed by atoms with van der Waals surface area (Å²) in [5, 5.41) is 23.6. The van der Waals surface area contributed by atoms with Gasteiger partial charge in [0.05, 0.1) is 17.7 Å². The van der Waals surface area contributed by atoms with Crippen LogP contribution in [0.4, 0.5) is 5.69 Å². The van der Waals surface area contributed by atoms with Crippen molar-refractivity contribution in [1.29, 1.82) is 0 Å². The number of ether oxygens (including phenoxy) is 2. The topological polar surface area (TPSA) is 140 Å². The summed E-state index contributed by atoms with van der Waals surface area (Å²) in [6.07, 6.45) is 0.297. The first-order chi connectivity index (χ1) is 13.8. The molecule has 1 amide bonds. The van der Waals surface area contributed by atoms with Crippen molar-refractivity contribution in [3.05, 3.63) is 63.7 Å². The van der Waals surface area contributed by atoms with Crippen LogP contribution in [-0.2, 0) is 4.79 Å². The molecule has 0 aromatic heterocycles. The number of carboxylic acids is 1. The standard InChI is InChI=1S/C19H19N3O7/c1-3-28-17-9-13(7-8-16(17)29-12(2)19(24)25)11-20-21-18(23)14-5-4-6-15(10-14)22(26)27/h4-12H,3H2,1-2H3,(H,21,23)(H,24,25)/b20-11-. The van der Waals surface area contributed by atoms with Crippen molar-refractivity contribution in [2.45, 2.75) is 20.0 Å². The summed E-state index contributed by atoms with van der Waals surface area (Å²) in [7, 11) is 0. The van der Waals surface area contributed by atoms with Crippen molar-refractivity contribution < 1.29 is 29.1 Å². The van der Waals surface area contributed by atoms with Gasteiger partial charge in [-0.3, -0.25) is 14.9 Å². The van der Waals surface area contributed by atoms with E-state index in [1.165, 1.54) is 37.4 Å². The fourth-order valence-corrected chi connectivity index (χ4v) is 2.20. The normalized spacial score (nSPS) is 11.7. The smallest absolute Gasteiger partial charge is 0.344 e. The lowest BCUT2D eigenvalue weighted by molar-refractivity contribution is -0.384. The third-order valence-electron chi connectivity index (χ3n) is 3.62. The number of carboxylic acid groups (broad SMARTS) is 1. The maximum atomic E-state index is 12.1. The second-order valence-electron chi connectivity index (χ2n) is 5.74. The fourth-order valence-electron chi connectivity index (χ4n) is 2.20. The SMILES string of the molecule is CCOc1cc(/C=N\NC(=O)c2cccc([N+](=O)[O-])c2)ccc1OC(C)C(=O)O. The van der Waals surface area contributed by atoms with Gasteiger partial charge in [-0.1, -0.05) is 6.07 Å². The molecule has 1 atom stereocenters. The van der Waals surface area contributed by atoms with Crippen LogP contribution in [0.25, 0.3) is 0 Å². The number of hydrazone groups is 1. The summed E-state index contributed by atoms with van der Waals surface area (Å²) in [5.74, 6) is -1.12. The number of amides is 1. The van der Waals surface area contributed by atoms with E-state index < -0.39 is 22.9 Å². The summed E-state index contributed by atoms with van der Waals surface area (Å²) in [6, 6.07) is 9.99. The number of carbonyl (C=O) groups is 2. The van der Waals surface area contributed by atoms with E-state index >= 15 is 0 Å². The Kier molecular flexibility index (Phi) is 7.24. The predicted octanol–water partition coefficient (Wildman–Crippen LogP) is 2.61. The highest BCUT2D eigenvalue weighted by molar-refractivity contribution is 5.95. The van der Waals surface area contributed by atoms with Gasteiger partial charge in [0.15, 0.2) is 17.6 Å². The molecular formula is C19H19N3O7. The van der Waals surface area contributed by atoms with Gasteiger partial charge in [-0.05, 0) is 43.7 Å². The highest BCUT2D eigenvalue weighted by Gasteiger charge is 2.16. The zero-order valence-electron chi connectivity index (χ0n) is 15.7. The van der Waals surface area contributed by atoms with Crippen molar-refractivity contribution in [3.63, 3.8) is 0 Å². The minimum absolute atomic E-state index is 0.0951. The number of nitrogens with zero attached hydrogens (tertiary/aromatic N) is 2. The number of carbonyl (C=O) groups excluding carboxylic acids is 1. The van der Waals surface area contributed by atoms with Crippen LogP contribution in [0.2, 0.25) is 0 Å². The molecule has 0 saturated carbocycles. The maximum absolute atomic E-state index is 12.1. The molecular weight excluding hydrogens is 382 g/mol. The third kappa shape index (κ3) is 6.03. The number of nitro groups is 1. The largest absolute Gasteiger partial charge is 0.490 e. The average molecular weight is 401 g/mol. The number of nitrogens with one attached hydrogen (secondary N) is 1. The summed E-state index contributed by atoms with van der Waals surface area (Å²) in [5.41, 5.74) is 2.74. The number of non-ortho nitro benzene ring substituents is 1. The monoisotopic (exact) mass is 401 g/mol. The minimum atomic E-state index is -1.11. The van der Waals surface area contributed by atoms with Gasteiger partial charge >= 0.3 is 5.97 Å². The molecule has 1 unspecified atom stereocenters. The van der Waals surface area contributed by atoms with Gasteiger partial charge in [0.1, 0.15) is 0 Å². The number of aliphatic carboxylic acids is 1. The van der Waals surface area contributed by atoms with E-state index in [1.807, 2.05) is 0 Å². The van der Waals surface area contributed by atoms with Crippen molar-refractivity contribution in [2.75, 3.05) is 6.61 Å². The Labute approximate surface area is 165 Å². The van der Waals surface area contributed by atoms with Crippen molar-refractivity contribution >= 4 is 23.8 Å². The second-order valence-corrected chi connectivity index (χ2v) is 5.74. The van der Waals surface area contributed by atoms with Crippen LogP contribution in [0.3, 0.4) is 0 Å². The Balaban J connectivity index is 2.10. The van der Waals surface area contributed by atoms with Gasteiger partial charge in [0.25, 0.3) is 11.6 Å². The summed E-state index contributed by atoms with van der Waals surface area (Å²) in [4.78, 5) is 33.2. The van der Waals surface area contributed by atoms with Gasteiger partial charge in [0.2, 0.25) is 0 Å². The zero-order chi connectivity index (χ0) is 21.4. The van der Waals surface area contributed by atoms with Crippen LogP contribution in [0.1, 0.15) is 29.8 Å². The fraction of sp³-hybridized carbons (Fsp3) is 0.211. The van der Waals surface area contributed by atoms with Crippen LogP contribution in [-0.4, -0.2) is 40.8 Å². The molecule has 0 spiro atoms. The number of hydrogen-bond acceptors (Lipinski definition) is 7. The predicted molar refractivity (Wildman–Crippen MR) is 103 cm³/mol. The van der Waals surface area contributed by atoms with Gasteiger partial charge < -0.3 is 14.6 Å². The average Bonchev–Trinajstić information content (AvgIpc) is 2.69. The number of rotatable bonds is 9. The maximum Gasteiger partial charge on any atom is 0.344 e. The molecule has 2 N–H and O–H groups in total. The van der Waals surface area contributed by atoms with Crippen molar-refractivity contribution in [1.82, 2.24) is 5.43 Å².